The highest BCUT2D eigenvalue weighted by Gasteiger charge is 2.28. The number of hydrogen-bond donors (Lipinski definition) is 1. The molecule has 5 nitrogen and oxygen atoms in total. The van der Waals surface area contributed by atoms with E-state index in [4.69, 9.17) is 9.47 Å². The Morgan fingerprint density at radius 3 is 2.71 bits per heavy atom. The van der Waals surface area contributed by atoms with Crippen LogP contribution in [0.3, 0.4) is 0 Å². The Bertz CT molecular complexity index is 497. The van der Waals surface area contributed by atoms with Gasteiger partial charge in [0.1, 0.15) is 6.04 Å². The van der Waals surface area contributed by atoms with Gasteiger partial charge in [0.25, 0.3) is 0 Å². The van der Waals surface area contributed by atoms with E-state index in [1.807, 2.05) is 24.3 Å². The number of rotatable bonds is 5. The van der Waals surface area contributed by atoms with Crippen molar-refractivity contribution in [3.8, 4) is 0 Å². The Balaban J connectivity index is 2.01. The van der Waals surface area contributed by atoms with Gasteiger partial charge in [-0.25, -0.2) is 4.79 Å². The fourth-order valence-corrected chi connectivity index (χ4v) is 2.49. The number of ether oxygens (including phenoxy) is 2. The molecule has 1 saturated heterocycles. The van der Waals surface area contributed by atoms with Gasteiger partial charge in [0.2, 0.25) is 5.91 Å². The molecule has 21 heavy (non-hydrogen) atoms. The number of carbonyl (C=O) groups is 2. The third-order valence-electron chi connectivity index (χ3n) is 3.46. The van der Waals surface area contributed by atoms with Gasteiger partial charge in [0.05, 0.1) is 19.6 Å². The SMILES string of the molecule is COC(=O)[C@H](Cc1ccc(Br)cc1)NC(=O)[C@@H]1CCOC1. The number of benzene rings is 1. The molecule has 0 aliphatic carbocycles. The average molecular weight is 356 g/mol. The van der Waals surface area contributed by atoms with E-state index in [2.05, 4.69) is 21.2 Å². The normalized spacial score (nSPS) is 19.0. The Labute approximate surface area is 132 Å². The number of esters is 1. The van der Waals surface area contributed by atoms with E-state index in [9.17, 15) is 9.59 Å². The Morgan fingerprint density at radius 2 is 2.14 bits per heavy atom. The van der Waals surface area contributed by atoms with Gasteiger partial charge in [-0.1, -0.05) is 28.1 Å². The lowest BCUT2D eigenvalue weighted by molar-refractivity contribution is -0.145. The van der Waals surface area contributed by atoms with Gasteiger partial charge in [-0.05, 0) is 24.1 Å². The summed E-state index contributed by atoms with van der Waals surface area (Å²) >= 11 is 3.36. The molecule has 0 bridgehead atoms. The number of hydrogen-bond acceptors (Lipinski definition) is 4. The van der Waals surface area contributed by atoms with Crippen LogP contribution in [0, 0.1) is 5.92 Å². The summed E-state index contributed by atoms with van der Waals surface area (Å²) in [5, 5.41) is 2.77. The summed E-state index contributed by atoms with van der Waals surface area (Å²) in [5.74, 6) is -0.771. The second-order valence-electron chi connectivity index (χ2n) is 4.98. The van der Waals surface area contributed by atoms with Crippen molar-refractivity contribution in [2.75, 3.05) is 20.3 Å². The van der Waals surface area contributed by atoms with Crippen molar-refractivity contribution in [3.63, 3.8) is 0 Å². The van der Waals surface area contributed by atoms with Crippen LogP contribution >= 0.6 is 15.9 Å². The van der Waals surface area contributed by atoms with Gasteiger partial charge in [-0.3, -0.25) is 4.79 Å². The van der Waals surface area contributed by atoms with Crippen LogP contribution in [-0.4, -0.2) is 38.2 Å². The van der Waals surface area contributed by atoms with Crippen molar-refractivity contribution in [3.05, 3.63) is 34.3 Å². The first kappa shape index (κ1) is 16.0. The van der Waals surface area contributed by atoms with Gasteiger partial charge in [0, 0.05) is 17.5 Å². The number of methoxy groups -OCH3 is 1. The highest BCUT2D eigenvalue weighted by molar-refractivity contribution is 9.10. The van der Waals surface area contributed by atoms with Crippen molar-refractivity contribution >= 4 is 27.8 Å². The van der Waals surface area contributed by atoms with Crippen LogP contribution in [0.1, 0.15) is 12.0 Å². The smallest absolute Gasteiger partial charge is 0.328 e. The van der Waals surface area contributed by atoms with Gasteiger partial charge in [-0.15, -0.1) is 0 Å². The quantitative estimate of drug-likeness (QED) is 0.816. The molecule has 1 fully saturated rings. The van der Waals surface area contributed by atoms with Crippen molar-refractivity contribution in [1.82, 2.24) is 5.32 Å². The van der Waals surface area contributed by atoms with E-state index in [0.717, 1.165) is 10.0 Å². The zero-order valence-corrected chi connectivity index (χ0v) is 13.4. The second-order valence-corrected chi connectivity index (χ2v) is 5.89. The lowest BCUT2D eigenvalue weighted by Crippen LogP contribution is -2.45. The van der Waals surface area contributed by atoms with Crippen LogP contribution in [0.5, 0.6) is 0 Å². The van der Waals surface area contributed by atoms with Crippen LogP contribution in [0.25, 0.3) is 0 Å². The zero-order chi connectivity index (χ0) is 15.2. The van der Waals surface area contributed by atoms with Gasteiger partial charge in [0.15, 0.2) is 0 Å². The Hall–Kier alpha value is -1.40. The molecule has 0 saturated carbocycles. The molecule has 6 heteroatoms. The van der Waals surface area contributed by atoms with E-state index in [0.29, 0.717) is 26.1 Å². The van der Waals surface area contributed by atoms with E-state index in [1.165, 1.54) is 7.11 Å². The average Bonchev–Trinajstić information content (AvgIpc) is 3.02. The number of amides is 1. The summed E-state index contributed by atoms with van der Waals surface area (Å²) in [6, 6.07) is 6.94. The third kappa shape index (κ3) is 4.54. The molecule has 2 rings (SSSR count). The lowest BCUT2D eigenvalue weighted by Gasteiger charge is -2.18. The van der Waals surface area contributed by atoms with Crippen molar-refractivity contribution < 1.29 is 19.1 Å². The highest BCUT2D eigenvalue weighted by Crippen LogP contribution is 2.15. The first-order chi connectivity index (χ1) is 10.1. The molecule has 0 spiro atoms. The maximum Gasteiger partial charge on any atom is 0.328 e. The van der Waals surface area contributed by atoms with Crippen LogP contribution in [0.4, 0.5) is 0 Å². The molecule has 1 aliphatic rings. The molecule has 1 aromatic carbocycles. The fourth-order valence-electron chi connectivity index (χ4n) is 2.22. The standard InChI is InChI=1S/C15H18BrNO4/c1-20-15(19)13(8-10-2-4-12(16)5-3-10)17-14(18)11-6-7-21-9-11/h2-5,11,13H,6-9H2,1H3,(H,17,18)/t11-,13+/m1/s1. The largest absolute Gasteiger partial charge is 0.467 e. The summed E-state index contributed by atoms with van der Waals surface area (Å²) in [5.41, 5.74) is 0.955. The highest BCUT2D eigenvalue weighted by atomic mass is 79.9. The summed E-state index contributed by atoms with van der Waals surface area (Å²) in [7, 11) is 1.32. The summed E-state index contributed by atoms with van der Waals surface area (Å²) in [6.45, 7) is 1.01. The Kier molecular flexibility index (Phi) is 5.76. The molecule has 1 heterocycles. The maximum atomic E-state index is 12.1. The van der Waals surface area contributed by atoms with Gasteiger partial charge < -0.3 is 14.8 Å². The molecule has 1 amide bonds. The number of carbonyl (C=O) groups excluding carboxylic acids is 2. The van der Waals surface area contributed by atoms with Gasteiger partial charge >= 0.3 is 5.97 Å². The van der Waals surface area contributed by atoms with Crippen molar-refractivity contribution in [2.24, 2.45) is 5.92 Å². The number of halogens is 1. The van der Waals surface area contributed by atoms with Crippen LogP contribution < -0.4 is 5.32 Å². The molecule has 1 N–H and O–H groups in total. The third-order valence-corrected chi connectivity index (χ3v) is 3.98. The van der Waals surface area contributed by atoms with Crippen molar-refractivity contribution in [1.29, 1.82) is 0 Å². The summed E-state index contributed by atoms with van der Waals surface area (Å²) < 4.78 is 10.9. The lowest BCUT2D eigenvalue weighted by atomic mass is 10.0. The second kappa shape index (κ2) is 7.56. The minimum Gasteiger partial charge on any atom is -0.467 e. The predicted octanol–water partition coefficient (Wildman–Crippen LogP) is 1.69. The van der Waals surface area contributed by atoms with Crippen LogP contribution in [0.15, 0.2) is 28.7 Å². The first-order valence-corrected chi connectivity index (χ1v) is 7.60. The van der Waals surface area contributed by atoms with Gasteiger partial charge in [-0.2, -0.15) is 0 Å². The fraction of sp³-hybridized carbons (Fsp3) is 0.467. The molecule has 114 valence electrons. The van der Waals surface area contributed by atoms with E-state index in [1.54, 1.807) is 0 Å². The molecule has 1 aromatic rings. The molecule has 0 unspecified atom stereocenters. The zero-order valence-electron chi connectivity index (χ0n) is 11.8. The predicted molar refractivity (Wildman–Crippen MR) is 80.7 cm³/mol. The molecule has 0 aromatic heterocycles. The Morgan fingerprint density at radius 1 is 1.43 bits per heavy atom. The van der Waals surface area contributed by atoms with Crippen molar-refractivity contribution in [2.45, 2.75) is 18.9 Å². The van der Waals surface area contributed by atoms with E-state index >= 15 is 0 Å². The van der Waals surface area contributed by atoms with Crippen LogP contribution in [0.2, 0.25) is 0 Å². The number of nitrogens with one attached hydrogen (secondary N) is 1. The topological polar surface area (TPSA) is 64.6 Å². The first-order valence-electron chi connectivity index (χ1n) is 6.80. The maximum absolute atomic E-state index is 12.1. The summed E-state index contributed by atoms with van der Waals surface area (Å²) in [6.07, 6.45) is 1.09. The molecule has 2 atom stereocenters. The van der Waals surface area contributed by atoms with E-state index in [-0.39, 0.29) is 11.8 Å². The monoisotopic (exact) mass is 355 g/mol. The van der Waals surface area contributed by atoms with E-state index < -0.39 is 12.0 Å². The van der Waals surface area contributed by atoms with Crippen LogP contribution in [-0.2, 0) is 25.5 Å². The molecule has 1 aliphatic heterocycles. The molecular weight excluding hydrogens is 338 g/mol. The summed E-state index contributed by atoms with van der Waals surface area (Å²) in [4.78, 5) is 24.0. The minimum atomic E-state index is -0.677. The molecule has 0 radical (unpaired) electrons. The minimum absolute atomic E-state index is 0.153. The molecular formula is C15H18BrNO4.